The fourth-order valence-corrected chi connectivity index (χ4v) is 5.84. The van der Waals surface area contributed by atoms with Crippen LogP contribution in [0.5, 0.6) is 0 Å². The Morgan fingerprint density at radius 3 is 2.86 bits per heavy atom. The van der Waals surface area contributed by atoms with Crippen molar-refractivity contribution in [1.82, 2.24) is 0 Å². The van der Waals surface area contributed by atoms with Crippen LogP contribution in [-0.2, 0) is 4.79 Å². The highest BCUT2D eigenvalue weighted by atomic mass is 16.3. The molecule has 4 atom stereocenters. The van der Waals surface area contributed by atoms with Crippen LogP contribution in [0.15, 0.2) is 34.9 Å². The molecule has 0 spiro atoms. The van der Waals surface area contributed by atoms with Crippen LogP contribution in [-0.4, -0.2) is 16.5 Å². The van der Waals surface area contributed by atoms with Gasteiger partial charge in [0.15, 0.2) is 5.78 Å². The summed E-state index contributed by atoms with van der Waals surface area (Å²) >= 11 is 0. The van der Waals surface area contributed by atoms with Gasteiger partial charge in [0.25, 0.3) is 0 Å². The first-order chi connectivity index (χ1) is 10.5. The zero-order valence-electron chi connectivity index (χ0n) is 13.7. The van der Waals surface area contributed by atoms with Gasteiger partial charge in [-0.05, 0) is 80.1 Å². The first-order valence-electron chi connectivity index (χ1n) is 8.87. The summed E-state index contributed by atoms with van der Waals surface area (Å²) < 4.78 is 0. The van der Waals surface area contributed by atoms with E-state index in [1.165, 1.54) is 16.7 Å². The van der Waals surface area contributed by atoms with Gasteiger partial charge < -0.3 is 5.11 Å². The van der Waals surface area contributed by atoms with Gasteiger partial charge in [0.1, 0.15) is 0 Å². The number of carbonyl (C=O) groups excluding carboxylic acids is 1. The minimum atomic E-state index is -0.572. The summed E-state index contributed by atoms with van der Waals surface area (Å²) in [4.78, 5) is 11.7. The number of fused-ring (bicyclic) bond motifs is 4. The molecule has 4 rings (SSSR count). The molecule has 3 unspecified atom stereocenters. The van der Waals surface area contributed by atoms with E-state index >= 15 is 0 Å². The van der Waals surface area contributed by atoms with E-state index in [1.54, 1.807) is 0 Å². The van der Waals surface area contributed by atoms with E-state index in [9.17, 15) is 9.90 Å². The van der Waals surface area contributed by atoms with Crippen LogP contribution in [0.4, 0.5) is 0 Å². The average Bonchev–Trinajstić information content (AvgIpc) is 2.78. The maximum absolute atomic E-state index is 11.7. The Hall–Kier alpha value is -1.15. The van der Waals surface area contributed by atoms with Crippen LogP contribution in [0.1, 0.15) is 58.8 Å². The van der Waals surface area contributed by atoms with Gasteiger partial charge in [-0.2, -0.15) is 0 Å². The molecule has 0 saturated heterocycles. The van der Waals surface area contributed by atoms with Gasteiger partial charge in [0.05, 0.1) is 5.60 Å². The summed E-state index contributed by atoms with van der Waals surface area (Å²) in [5.41, 5.74) is 3.60. The normalized spacial score (nSPS) is 43.6. The van der Waals surface area contributed by atoms with Gasteiger partial charge in [0.2, 0.25) is 0 Å². The molecule has 22 heavy (non-hydrogen) atoms. The second-order valence-electron chi connectivity index (χ2n) is 7.86. The summed E-state index contributed by atoms with van der Waals surface area (Å²) in [5, 5.41) is 11.0. The second-order valence-corrected chi connectivity index (χ2v) is 7.86. The van der Waals surface area contributed by atoms with Crippen molar-refractivity contribution in [3.63, 3.8) is 0 Å². The molecular weight excluding hydrogens is 272 g/mol. The minimum absolute atomic E-state index is 0.0482. The second kappa shape index (κ2) is 4.67. The molecular formula is C20H26O2. The van der Waals surface area contributed by atoms with E-state index in [0.717, 1.165) is 38.5 Å². The van der Waals surface area contributed by atoms with Crippen LogP contribution in [0, 0.1) is 17.3 Å². The molecule has 0 radical (unpaired) electrons. The zero-order chi connectivity index (χ0) is 15.5. The van der Waals surface area contributed by atoms with E-state index in [-0.39, 0.29) is 5.41 Å². The highest BCUT2D eigenvalue weighted by Crippen LogP contribution is 2.62. The number of hydrogen-bond donors (Lipinski definition) is 1. The predicted octanol–water partition coefficient (Wildman–Crippen LogP) is 4.11. The Morgan fingerprint density at radius 2 is 2.09 bits per heavy atom. The molecule has 1 saturated carbocycles. The van der Waals surface area contributed by atoms with Gasteiger partial charge in [-0.25, -0.2) is 0 Å². The predicted molar refractivity (Wildman–Crippen MR) is 87.3 cm³/mol. The van der Waals surface area contributed by atoms with Crippen LogP contribution in [0.25, 0.3) is 0 Å². The average molecular weight is 298 g/mol. The van der Waals surface area contributed by atoms with Crippen molar-refractivity contribution in [3.8, 4) is 0 Å². The van der Waals surface area contributed by atoms with Gasteiger partial charge in [-0.1, -0.05) is 19.1 Å². The lowest BCUT2D eigenvalue weighted by atomic mass is 9.57. The molecule has 0 aromatic rings. The number of ketones is 1. The first kappa shape index (κ1) is 14.4. The van der Waals surface area contributed by atoms with Crippen molar-refractivity contribution in [2.24, 2.45) is 17.3 Å². The van der Waals surface area contributed by atoms with Crippen molar-refractivity contribution in [2.45, 2.75) is 64.4 Å². The smallest absolute Gasteiger partial charge is 0.156 e. The van der Waals surface area contributed by atoms with Crippen molar-refractivity contribution in [2.75, 3.05) is 0 Å². The molecule has 4 aliphatic rings. The lowest BCUT2D eigenvalue weighted by Gasteiger charge is -2.49. The Kier molecular flexibility index (Phi) is 3.07. The SMILES string of the molecule is CCC12C=CC3=C4CCC(=O)C=C4CCC3C1CC[C@]2(C)O. The Bertz CT molecular complexity index is 620. The topological polar surface area (TPSA) is 37.3 Å². The Morgan fingerprint density at radius 1 is 1.27 bits per heavy atom. The van der Waals surface area contributed by atoms with Crippen LogP contribution < -0.4 is 0 Å². The number of hydrogen-bond acceptors (Lipinski definition) is 2. The molecule has 2 nitrogen and oxygen atoms in total. The monoisotopic (exact) mass is 298 g/mol. The minimum Gasteiger partial charge on any atom is -0.389 e. The van der Waals surface area contributed by atoms with E-state index in [4.69, 9.17) is 0 Å². The molecule has 2 heteroatoms. The zero-order valence-corrected chi connectivity index (χ0v) is 13.7. The first-order valence-corrected chi connectivity index (χ1v) is 8.87. The largest absolute Gasteiger partial charge is 0.389 e. The van der Waals surface area contributed by atoms with Crippen molar-refractivity contribution >= 4 is 5.78 Å². The van der Waals surface area contributed by atoms with Gasteiger partial charge in [-0.15, -0.1) is 0 Å². The summed E-state index contributed by atoms with van der Waals surface area (Å²) in [6, 6.07) is 0. The quantitative estimate of drug-likeness (QED) is 0.791. The molecule has 1 fully saturated rings. The van der Waals surface area contributed by atoms with E-state index in [1.807, 2.05) is 13.0 Å². The maximum Gasteiger partial charge on any atom is 0.156 e. The van der Waals surface area contributed by atoms with Crippen molar-refractivity contribution < 1.29 is 9.90 Å². The van der Waals surface area contributed by atoms with Crippen LogP contribution in [0.3, 0.4) is 0 Å². The molecule has 118 valence electrons. The highest BCUT2D eigenvalue weighted by Gasteiger charge is 2.58. The van der Waals surface area contributed by atoms with Gasteiger partial charge in [-0.3, -0.25) is 4.79 Å². The number of aliphatic hydroxyl groups is 1. The molecule has 1 N–H and O–H groups in total. The molecule has 0 aromatic carbocycles. The number of allylic oxidation sites excluding steroid dienone is 5. The molecule has 0 aromatic heterocycles. The third-order valence-electron chi connectivity index (χ3n) is 7.05. The summed E-state index contributed by atoms with van der Waals surface area (Å²) in [6.07, 6.45) is 13.4. The van der Waals surface area contributed by atoms with Crippen molar-refractivity contribution in [1.29, 1.82) is 0 Å². The molecule has 0 aliphatic heterocycles. The number of rotatable bonds is 1. The van der Waals surface area contributed by atoms with Gasteiger partial charge >= 0.3 is 0 Å². The fraction of sp³-hybridized carbons (Fsp3) is 0.650. The number of carbonyl (C=O) groups is 1. The maximum atomic E-state index is 11.7. The Balaban J connectivity index is 1.84. The Labute approximate surface area is 133 Å². The summed E-state index contributed by atoms with van der Waals surface area (Å²) in [7, 11) is 0. The van der Waals surface area contributed by atoms with Crippen LogP contribution in [0.2, 0.25) is 0 Å². The standard InChI is InChI=1S/C20H26O2/c1-3-20-11-8-16-15-7-5-14(21)12-13(15)4-6-17(16)18(20)9-10-19(20,2)22/h8,11-12,17-18,22H,3-7,9-10H2,1-2H3/t17?,18?,19-,20?/m0/s1. The third kappa shape index (κ3) is 1.73. The molecule has 0 amide bonds. The molecule has 0 bridgehead atoms. The van der Waals surface area contributed by atoms with Crippen LogP contribution >= 0.6 is 0 Å². The van der Waals surface area contributed by atoms with E-state index < -0.39 is 5.60 Å². The van der Waals surface area contributed by atoms with E-state index in [2.05, 4.69) is 19.1 Å². The third-order valence-corrected chi connectivity index (χ3v) is 7.05. The summed E-state index contributed by atoms with van der Waals surface area (Å²) in [5.74, 6) is 1.45. The summed E-state index contributed by atoms with van der Waals surface area (Å²) in [6.45, 7) is 4.26. The highest BCUT2D eigenvalue weighted by molar-refractivity contribution is 5.93. The lowest BCUT2D eigenvalue weighted by Crippen LogP contribution is -2.47. The fourth-order valence-electron chi connectivity index (χ4n) is 5.84. The van der Waals surface area contributed by atoms with E-state index in [0.29, 0.717) is 24.0 Å². The molecule has 4 aliphatic carbocycles. The molecule has 0 heterocycles. The lowest BCUT2D eigenvalue weighted by molar-refractivity contribution is -0.114. The van der Waals surface area contributed by atoms with Crippen molar-refractivity contribution in [3.05, 3.63) is 34.9 Å². The van der Waals surface area contributed by atoms with Gasteiger partial charge in [0, 0.05) is 11.8 Å².